The summed E-state index contributed by atoms with van der Waals surface area (Å²) in [7, 11) is 0. The Morgan fingerprint density at radius 3 is 2.76 bits per heavy atom. The number of rotatable bonds is 6. The Balaban J connectivity index is 1.28. The lowest BCUT2D eigenvalue weighted by atomic mass is 10.1. The van der Waals surface area contributed by atoms with Crippen LogP contribution in [-0.4, -0.2) is 80.4 Å². The number of benzene rings is 2. The van der Waals surface area contributed by atoms with Crippen LogP contribution in [0.25, 0.3) is 10.8 Å². The van der Waals surface area contributed by atoms with Gasteiger partial charge < -0.3 is 25.8 Å². The second-order valence-corrected chi connectivity index (χ2v) is 12.7. The van der Waals surface area contributed by atoms with Crippen LogP contribution in [0.2, 0.25) is 0 Å². The molecule has 3 heterocycles. The van der Waals surface area contributed by atoms with Crippen molar-refractivity contribution in [3.8, 4) is 5.88 Å². The van der Waals surface area contributed by atoms with E-state index in [9.17, 15) is 24.4 Å². The molecule has 2 aromatic carbocycles. The van der Waals surface area contributed by atoms with Gasteiger partial charge in [-0.25, -0.2) is 14.1 Å². The third kappa shape index (κ3) is 6.42. The fraction of sp³-hybridized carbons (Fsp3) is 0.375. The van der Waals surface area contributed by atoms with E-state index >= 15 is 0 Å². The average Bonchev–Trinajstić information content (AvgIpc) is 3.58. The lowest BCUT2D eigenvalue weighted by molar-refractivity contribution is -0.145. The van der Waals surface area contributed by atoms with Crippen LogP contribution in [0, 0.1) is 10.8 Å². The molecule has 1 aliphatic carbocycles. The Morgan fingerprint density at radius 2 is 1.93 bits per heavy atom. The number of carboxylic acids is 1. The van der Waals surface area contributed by atoms with E-state index in [1.165, 1.54) is 16.8 Å². The molecule has 3 aliphatic rings. The number of ether oxygens (including phenoxy) is 1. The van der Waals surface area contributed by atoms with Crippen LogP contribution < -0.4 is 15.8 Å². The summed E-state index contributed by atoms with van der Waals surface area (Å²) >= 11 is 1.30. The molecule has 1 saturated carbocycles. The number of pyridine rings is 1. The van der Waals surface area contributed by atoms with Crippen molar-refractivity contribution in [1.29, 1.82) is 0 Å². The molecule has 2 aliphatic heterocycles. The minimum Gasteiger partial charge on any atom is -0.479 e. The zero-order chi connectivity index (χ0) is 31.6. The van der Waals surface area contributed by atoms with E-state index in [0.29, 0.717) is 30.2 Å². The largest absolute Gasteiger partial charge is 0.479 e. The average molecular weight is 631 g/mol. The van der Waals surface area contributed by atoms with Crippen molar-refractivity contribution in [3.63, 3.8) is 0 Å². The number of allylic oxidation sites excluding steroid dienone is 1. The minimum atomic E-state index is -1.42. The van der Waals surface area contributed by atoms with Gasteiger partial charge in [0.25, 0.3) is 0 Å². The van der Waals surface area contributed by atoms with Crippen LogP contribution in [0.1, 0.15) is 25.7 Å². The zero-order valence-corrected chi connectivity index (χ0v) is 25.3. The third-order valence-electron chi connectivity index (χ3n) is 8.56. The normalized spacial score (nSPS) is 28.2. The highest BCUT2D eigenvalue weighted by molar-refractivity contribution is 7.97. The zero-order valence-electron chi connectivity index (χ0n) is 24.5. The van der Waals surface area contributed by atoms with E-state index in [-0.39, 0.29) is 37.5 Å². The Labute approximate surface area is 264 Å². The number of carboxylic acid groups (broad SMARTS) is 1. The van der Waals surface area contributed by atoms with Crippen molar-refractivity contribution in [1.82, 2.24) is 19.5 Å². The molecule has 0 bridgehead atoms. The van der Waals surface area contributed by atoms with Crippen molar-refractivity contribution < 1.29 is 24.2 Å². The summed E-state index contributed by atoms with van der Waals surface area (Å²) < 4.78 is 8.22. The van der Waals surface area contributed by atoms with Crippen LogP contribution in [0.5, 0.6) is 5.88 Å². The topological polar surface area (TPSA) is 168 Å². The molecule has 0 radical (unpaired) electrons. The predicted molar refractivity (Wildman–Crippen MR) is 169 cm³/mol. The summed E-state index contributed by atoms with van der Waals surface area (Å²) in [6.07, 6.45) is 6.59. The number of carbonyl (C=O) groups is 3. The Hall–Kier alpha value is -4.33. The maximum atomic E-state index is 14.0. The van der Waals surface area contributed by atoms with Gasteiger partial charge in [0.1, 0.15) is 23.4 Å². The van der Waals surface area contributed by atoms with E-state index in [2.05, 4.69) is 15.5 Å². The molecule has 12 nitrogen and oxygen atoms in total. The Morgan fingerprint density at radius 1 is 1.13 bits per heavy atom. The summed E-state index contributed by atoms with van der Waals surface area (Å²) in [4.78, 5) is 57.9. The molecule has 234 valence electrons. The van der Waals surface area contributed by atoms with E-state index in [4.69, 9.17) is 10.5 Å². The summed E-state index contributed by atoms with van der Waals surface area (Å²) in [5, 5.41) is 17.7. The lowest BCUT2D eigenvalue weighted by Crippen LogP contribution is -2.56. The van der Waals surface area contributed by atoms with Crippen molar-refractivity contribution in [2.75, 3.05) is 19.6 Å². The highest BCUT2D eigenvalue weighted by atomic mass is 32.2. The van der Waals surface area contributed by atoms with Gasteiger partial charge in [0.05, 0.1) is 17.5 Å². The van der Waals surface area contributed by atoms with E-state index in [1.54, 1.807) is 30.5 Å². The third-order valence-corrected chi connectivity index (χ3v) is 9.69. The number of nitrogens with one attached hydrogen (secondary N) is 1. The Bertz CT molecular complexity index is 1650. The molecular weight excluding hydrogens is 596 g/mol. The fourth-order valence-corrected chi connectivity index (χ4v) is 7.14. The number of nitroso groups, excluding NO2 is 1. The van der Waals surface area contributed by atoms with E-state index in [0.717, 1.165) is 10.8 Å². The highest BCUT2D eigenvalue weighted by Crippen LogP contribution is 2.45. The smallest absolute Gasteiger partial charge is 0.330 e. The molecule has 45 heavy (non-hydrogen) atoms. The molecule has 2 amide bonds. The molecule has 5 atom stereocenters. The maximum absolute atomic E-state index is 14.0. The standard InChI is InChI=1S/C32H34N6O6S/c33-24-19-37(45-27-12-6-5-11-25(27)36-43)15-7-1-2-9-21-17-32(21,31(41)42)35-28(39)26-16-22(18-38(26)30(24)40)44-29-23-10-4-3-8-20(23)13-14-34-29/h2-6,8-14,21-22,24,26H,1,7,15-19,33H2,(H,35,39)(H,41,42)/b9-2-/t21-,22-,24+,26+,32-/m1/s1. The number of fused-ring (bicyclic) bond motifs is 3. The molecular formula is C32H34N6O6S. The van der Waals surface area contributed by atoms with Crippen LogP contribution in [0.15, 0.2) is 83.0 Å². The van der Waals surface area contributed by atoms with Crippen molar-refractivity contribution >= 4 is 46.2 Å². The van der Waals surface area contributed by atoms with Crippen LogP contribution in [0.4, 0.5) is 5.69 Å². The van der Waals surface area contributed by atoms with Crippen LogP contribution in [0.3, 0.4) is 0 Å². The van der Waals surface area contributed by atoms with Crippen LogP contribution >= 0.6 is 11.9 Å². The number of nitrogens with zero attached hydrogens (tertiary/aromatic N) is 4. The lowest BCUT2D eigenvalue weighted by Gasteiger charge is -2.30. The van der Waals surface area contributed by atoms with E-state index in [1.807, 2.05) is 46.8 Å². The van der Waals surface area contributed by atoms with Crippen molar-refractivity contribution in [2.24, 2.45) is 16.8 Å². The van der Waals surface area contributed by atoms with Gasteiger partial charge in [-0.1, -0.05) is 42.5 Å². The molecule has 0 spiro atoms. The SMILES string of the molecule is N[C@H]1CN(Sc2ccccc2N=O)CCC/C=C\[C@@H]2C[C@@]2(C(=O)O)NC(=O)[C@@H]2C[C@@H](Oc3nccc4ccccc34)CN2C1=O. The predicted octanol–water partition coefficient (Wildman–Crippen LogP) is 3.63. The number of carbonyl (C=O) groups excluding carboxylic acids is 2. The highest BCUT2D eigenvalue weighted by Gasteiger charge is 2.61. The first-order valence-electron chi connectivity index (χ1n) is 14.9. The van der Waals surface area contributed by atoms with E-state index < -0.39 is 41.5 Å². The second kappa shape index (κ2) is 13.0. The quantitative estimate of drug-likeness (QED) is 0.208. The second-order valence-electron chi connectivity index (χ2n) is 11.6. The molecule has 13 heteroatoms. The molecule has 6 rings (SSSR count). The molecule has 3 aromatic rings. The van der Waals surface area contributed by atoms with Gasteiger partial charge in [0, 0.05) is 37.0 Å². The molecule has 0 unspecified atom stereocenters. The molecule has 1 saturated heterocycles. The van der Waals surface area contributed by atoms with Gasteiger partial charge in [-0.2, -0.15) is 0 Å². The first-order valence-corrected chi connectivity index (χ1v) is 15.7. The maximum Gasteiger partial charge on any atom is 0.330 e. The minimum absolute atomic E-state index is 0.0734. The number of hydrogen-bond donors (Lipinski definition) is 3. The first kappa shape index (κ1) is 30.7. The summed E-state index contributed by atoms with van der Waals surface area (Å²) in [5.41, 5.74) is 5.40. The number of amides is 2. The summed E-state index contributed by atoms with van der Waals surface area (Å²) in [5.74, 6) is -2.10. The first-order chi connectivity index (χ1) is 21.8. The van der Waals surface area contributed by atoms with Gasteiger partial charge >= 0.3 is 5.97 Å². The monoisotopic (exact) mass is 630 g/mol. The molecule has 1 aromatic heterocycles. The van der Waals surface area contributed by atoms with Gasteiger partial charge in [0.15, 0.2) is 0 Å². The molecule has 4 N–H and O–H groups in total. The van der Waals surface area contributed by atoms with Crippen LogP contribution in [-0.2, 0) is 14.4 Å². The van der Waals surface area contributed by atoms with Gasteiger partial charge in [0.2, 0.25) is 17.7 Å². The fourth-order valence-electron chi connectivity index (χ4n) is 6.06. The van der Waals surface area contributed by atoms with Gasteiger partial charge in [-0.3, -0.25) is 9.59 Å². The van der Waals surface area contributed by atoms with Crippen molar-refractivity contribution in [2.45, 2.75) is 54.3 Å². The summed E-state index contributed by atoms with van der Waals surface area (Å²) in [6.45, 7) is 0.754. The number of nitrogens with two attached hydrogens (primary N) is 1. The number of aromatic nitrogens is 1. The number of hydrogen-bond acceptors (Lipinski definition) is 10. The number of aliphatic carboxylic acids is 1. The van der Waals surface area contributed by atoms with Gasteiger partial charge in [-0.15, -0.1) is 4.91 Å². The molecule has 2 fully saturated rings. The summed E-state index contributed by atoms with van der Waals surface area (Å²) in [6, 6.07) is 14.4. The Kier molecular flexibility index (Phi) is 8.83. The van der Waals surface area contributed by atoms with Gasteiger partial charge in [-0.05, 0) is 66.0 Å². The van der Waals surface area contributed by atoms with Crippen molar-refractivity contribution in [3.05, 3.63) is 77.9 Å².